The van der Waals surface area contributed by atoms with E-state index >= 15 is 0 Å². The molecule has 0 saturated carbocycles. The number of hydrogen-bond donors (Lipinski definition) is 1. The van der Waals surface area contributed by atoms with E-state index in [1.54, 1.807) is 11.8 Å². The normalized spacial score (nSPS) is 11.0. The molecule has 2 rings (SSSR count). The first-order chi connectivity index (χ1) is 4.47. The van der Waals surface area contributed by atoms with Crippen LogP contribution in [0, 0.1) is 0 Å². The molecule has 0 saturated heterocycles. The maximum atomic E-state index is 7.12. The summed E-state index contributed by atoms with van der Waals surface area (Å²) >= 11 is 2.12. The Balaban J connectivity index is 0.000000186. The van der Waals surface area contributed by atoms with E-state index in [-0.39, 0.29) is 0 Å². The number of pyridine rings is 1. The number of rotatable bonds is 0. The van der Waals surface area contributed by atoms with Gasteiger partial charge in [-0.1, -0.05) is 11.8 Å². The van der Waals surface area contributed by atoms with Crippen LogP contribution in [0.2, 0.25) is 0 Å². The van der Waals surface area contributed by atoms with E-state index in [9.17, 15) is 0 Å². The minimum atomic E-state index is 0.375. The molecule has 0 amide bonds. The minimum Gasteiger partial charge on any atom is -0.248 e. The Morgan fingerprint density at radius 2 is 2.33 bits per heavy atom. The molecular formula is C5H4NOSZn. The third-order valence-corrected chi connectivity index (χ3v) is 1.77. The fraction of sp³-hybridized carbons (Fsp3) is 0. The fourth-order valence-electron chi connectivity index (χ4n) is 0.515. The average Bonchev–Trinajstić information content (AvgIpc) is 2.69. The molecule has 43 valence electrons. The zero-order chi connectivity index (χ0) is 6.69. The van der Waals surface area contributed by atoms with Gasteiger partial charge >= 0.3 is 22.6 Å². The molecule has 0 aliphatic carbocycles. The average molecular weight is 192 g/mol. The van der Waals surface area contributed by atoms with Crippen molar-refractivity contribution >= 4 is 11.8 Å². The summed E-state index contributed by atoms with van der Waals surface area (Å²) in [5.41, 5.74) is 0. The summed E-state index contributed by atoms with van der Waals surface area (Å²) in [5.74, 6) is 0. The van der Waals surface area contributed by atoms with Crippen molar-refractivity contribution in [1.29, 1.82) is 0 Å². The molecule has 1 aromatic heterocycles. The summed E-state index contributed by atoms with van der Waals surface area (Å²) in [5, 5.41) is 1.20. The Bertz CT molecular complexity index is 185. The molecule has 0 spiro atoms. The summed E-state index contributed by atoms with van der Waals surface area (Å²) in [7, 11) is 0. The van der Waals surface area contributed by atoms with Crippen LogP contribution in [0.5, 0.6) is 0 Å². The molecule has 0 unspecified atom stereocenters. The minimum absolute atomic E-state index is 0.375. The molecule has 0 aromatic carbocycles. The van der Waals surface area contributed by atoms with Gasteiger partial charge in [-0.3, -0.25) is 0 Å². The molecule has 9 heavy (non-hydrogen) atoms. The summed E-state index contributed by atoms with van der Waals surface area (Å²) in [6.45, 7) is 0. The zero-order valence-electron chi connectivity index (χ0n) is 4.74. The summed E-state index contributed by atoms with van der Waals surface area (Å²) in [6, 6.07) is 4.03. The molecule has 2 nitrogen and oxygen atoms in total. The van der Waals surface area contributed by atoms with Gasteiger partial charge in [0, 0.05) is 11.1 Å². The summed E-state index contributed by atoms with van der Waals surface area (Å²) < 4.78 is 7.12. The van der Waals surface area contributed by atoms with Crippen LogP contribution in [0.4, 0.5) is 0 Å². The quantitative estimate of drug-likeness (QED) is 0.498. The first-order valence-corrected chi connectivity index (χ1v) is 4.56. The maximum absolute atomic E-state index is 7.12. The van der Waals surface area contributed by atoms with Crippen molar-refractivity contribution < 1.29 is 22.6 Å². The van der Waals surface area contributed by atoms with Gasteiger partial charge in [0.1, 0.15) is 5.03 Å². The number of fused-ring (bicyclic) bond motifs is 1. The van der Waals surface area contributed by atoms with Crippen molar-refractivity contribution in [3.63, 3.8) is 0 Å². The van der Waals surface area contributed by atoms with Crippen molar-refractivity contribution in [3.05, 3.63) is 18.3 Å². The standard InChI is InChI=1S/C5H3NS.H2O.Zn/c1-2-4-5(7-4)6-3-1;;/h1-3H;1H2;/q;;+1/p-1. The Hall–Kier alpha value is 0.0834. The SMILES string of the molecule is [OH][Zn].c1cnc2c(c1)S2. The third kappa shape index (κ3) is 1.75. The van der Waals surface area contributed by atoms with Crippen LogP contribution in [-0.4, -0.2) is 8.92 Å². The van der Waals surface area contributed by atoms with Gasteiger partial charge in [-0.15, -0.1) is 0 Å². The van der Waals surface area contributed by atoms with E-state index in [4.69, 9.17) is 3.93 Å². The van der Waals surface area contributed by atoms with Gasteiger partial charge in [0.2, 0.25) is 0 Å². The molecule has 1 aliphatic rings. The Labute approximate surface area is 67.8 Å². The molecule has 1 N–H and O–H groups in total. The van der Waals surface area contributed by atoms with Crippen LogP contribution in [0.15, 0.2) is 28.3 Å². The van der Waals surface area contributed by atoms with Crippen molar-refractivity contribution in [3.8, 4) is 0 Å². The molecule has 1 aliphatic heterocycles. The topological polar surface area (TPSA) is 33.1 Å². The predicted molar refractivity (Wildman–Crippen MR) is 30.6 cm³/mol. The molecule has 1 aromatic rings. The van der Waals surface area contributed by atoms with E-state index in [1.165, 1.54) is 9.92 Å². The first kappa shape index (κ1) is 7.19. The second-order valence-electron chi connectivity index (χ2n) is 1.41. The van der Waals surface area contributed by atoms with E-state index < -0.39 is 0 Å². The van der Waals surface area contributed by atoms with Gasteiger partial charge in [-0.05, 0) is 12.1 Å². The summed E-state index contributed by atoms with van der Waals surface area (Å²) in [4.78, 5) is 5.37. The third-order valence-electron chi connectivity index (χ3n) is 0.901. The van der Waals surface area contributed by atoms with E-state index in [0.29, 0.717) is 18.7 Å². The van der Waals surface area contributed by atoms with Crippen LogP contribution < -0.4 is 0 Å². The molecule has 0 atom stereocenters. The predicted octanol–water partition coefficient (Wildman–Crippen LogP) is 0.987. The molecule has 0 fully saturated rings. The Kier molecular flexibility index (Phi) is 2.64. The van der Waals surface area contributed by atoms with E-state index in [1.807, 2.05) is 12.3 Å². The van der Waals surface area contributed by atoms with Gasteiger partial charge in [-0.25, -0.2) is 4.98 Å². The van der Waals surface area contributed by atoms with Crippen LogP contribution in [-0.2, 0) is 18.7 Å². The van der Waals surface area contributed by atoms with Gasteiger partial charge in [0.05, 0.1) is 0 Å². The van der Waals surface area contributed by atoms with Gasteiger partial charge in [0.15, 0.2) is 0 Å². The molecular weight excluding hydrogens is 188 g/mol. The molecule has 2 heterocycles. The number of hydrogen-bond acceptors (Lipinski definition) is 3. The Morgan fingerprint density at radius 1 is 1.56 bits per heavy atom. The van der Waals surface area contributed by atoms with Crippen molar-refractivity contribution in [2.24, 2.45) is 0 Å². The van der Waals surface area contributed by atoms with Crippen LogP contribution >= 0.6 is 11.8 Å². The monoisotopic (exact) mass is 190 g/mol. The van der Waals surface area contributed by atoms with Crippen molar-refractivity contribution in [1.82, 2.24) is 4.98 Å². The van der Waals surface area contributed by atoms with E-state index in [0.717, 1.165) is 0 Å². The van der Waals surface area contributed by atoms with Crippen LogP contribution in [0.3, 0.4) is 0 Å². The van der Waals surface area contributed by atoms with Gasteiger partial charge < -0.3 is 0 Å². The second kappa shape index (κ2) is 3.30. The zero-order valence-corrected chi connectivity index (χ0v) is 8.53. The van der Waals surface area contributed by atoms with Gasteiger partial charge in [0.25, 0.3) is 0 Å². The number of nitrogens with zero attached hydrogens (tertiary/aromatic N) is 1. The molecule has 0 bridgehead atoms. The summed E-state index contributed by atoms with van der Waals surface area (Å²) in [6.07, 6.45) is 1.82. The van der Waals surface area contributed by atoms with Crippen molar-refractivity contribution in [2.75, 3.05) is 0 Å². The van der Waals surface area contributed by atoms with Crippen LogP contribution in [0.1, 0.15) is 0 Å². The largest absolute Gasteiger partial charge is 0.248 e. The molecule has 4 heteroatoms. The van der Waals surface area contributed by atoms with E-state index in [2.05, 4.69) is 11.1 Å². The molecule has 0 radical (unpaired) electrons. The van der Waals surface area contributed by atoms with Crippen LogP contribution in [0.25, 0.3) is 0 Å². The second-order valence-corrected chi connectivity index (χ2v) is 2.44. The maximum Gasteiger partial charge on any atom is 0.115 e. The number of aromatic nitrogens is 1. The van der Waals surface area contributed by atoms with Gasteiger partial charge in [-0.2, -0.15) is 0 Å². The van der Waals surface area contributed by atoms with Crippen molar-refractivity contribution in [2.45, 2.75) is 9.92 Å². The Morgan fingerprint density at radius 3 is 2.78 bits per heavy atom. The fourth-order valence-corrected chi connectivity index (χ4v) is 1.05. The first-order valence-electron chi connectivity index (χ1n) is 2.41. The smallest absolute Gasteiger partial charge is 0.115 e.